The minimum absolute atomic E-state index is 0.00656. The molecule has 1 aromatic rings. The van der Waals surface area contributed by atoms with Crippen molar-refractivity contribution in [3.05, 3.63) is 22.7 Å². The van der Waals surface area contributed by atoms with Crippen molar-refractivity contribution in [1.29, 1.82) is 0 Å². The zero-order chi connectivity index (χ0) is 14.9. The monoisotopic (exact) mass is 361 g/mol. The van der Waals surface area contributed by atoms with Gasteiger partial charge in [-0.1, -0.05) is 0 Å². The van der Waals surface area contributed by atoms with E-state index in [1.54, 1.807) is 19.2 Å². The van der Waals surface area contributed by atoms with E-state index in [2.05, 4.69) is 20.8 Å². The molecule has 2 N–H and O–H groups in total. The number of halogens is 1. The number of sulfonamides is 1. The number of nitrogen functional groups attached to an aromatic ring is 1. The molecule has 5 nitrogen and oxygen atoms in total. The molecular formula is C13H20BrN3O2S. The third-order valence-electron chi connectivity index (χ3n) is 3.73. The average molecular weight is 362 g/mol. The van der Waals surface area contributed by atoms with Crippen LogP contribution in [0.1, 0.15) is 12.8 Å². The molecule has 0 bridgehead atoms. The molecule has 1 aliphatic rings. The van der Waals surface area contributed by atoms with Gasteiger partial charge in [0.2, 0.25) is 10.0 Å². The van der Waals surface area contributed by atoms with Crippen molar-refractivity contribution >= 4 is 31.6 Å². The number of hydrogen-bond acceptors (Lipinski definition) is 4. The number of rotatable bonds is 3. The lowest BCUT2D eigenvalue weighted by Crippen LogP contribution is -2.47. The Labute approximate surface area is 128 Å². The van der Waals surface area contributed by atoms with Gasteiger partial charge in [-0.05, 0) is 60.6 Å². The summed E-state index contributed by atoms with van der Waals surface area (Å²) >= 11 is 3.30. The van der Waals surface area contributed by atoms with Crippen molar-refractivity contribution in [2.24, 2.45) is 0 Å². The first kappa shape index (κ1) is 15.8. The fourth-order valence-electron chi connectivity index (χ4n) is 2.50. The quantitative estimate of drug-likeness (QED) is 0.832. The lowest BCUT2D eigenvalue weighted by molar-refractivity contribution is 0.187. The second-order valence-corrected chi connectivity index (χ2v) is 8.09. The largest absolute Gasteiger partial charge is 0.399 e. The van der Waals surface area contributed by atoms with Gasteiger partial charge in [0.15, 0.2) is 0 Å². The van der Waals surface area contributed by atoms with E-state index < -0.39 is 10.0 Å². The number of likely N-dealkylation sites (tertiary alicyclic amines) is 1. The van der Waals surface area contributed by atoms with Crippen LogP contribution in [0.3, 0.4) is 0 Å². The third kappa shape index (κ3) is 3.16. The maximum absolute atomic E-state index is 12.7. The Morgan fingerprint density at radius 3 is 2.80 bits per heavy atom. The molecule has 1 fully saturated rings. The summed E-state index contributed by atoms with van der Waals surface area (Å²) in [6, 6.07) is 4.86. The van der Waals surface area contributed by atoms with E-state index in [1.165, 1.54) is 10.4 Å². The maximum Gasteiger partial charge on any atom is 0.244 e. The van der Waals surface area contributed by atoms with Crippen LogP contribution in [0.2, 0.25) is 0 Å². The number of anilines is 1. The van der Waals surface area contributed by atoms with Crippen molar-refractivity contribution in [1.82, 2.24) is 9.21 Å². The molecule has 0 radical (unpaired) electrons. The smallest absolute Gasteiger partial charge is 0.244 e. The first-order valence-corrected chi connectivity index (χ1v) is 8.77. The molecule has 112 valence electrons. The summed E-state index contributed by atoms with van der Waals surface area (Å²) in [7, 11) is 0.129. The molecule has 1 aliphatic heterocycles. The van der Waals surface area contributed by atoms with Crippen LogP contribution in [-0.4, -0.2) is 50.8 Å². The summed E-state index contributed by atoms with van der Waals surface area (Å²) in [5, 5.41) is 0. The van der Waals surface area contributed by atoms with E-state index in [-0.39, 0.29) is 10.9 Å². The zero-order valence-electron chi connectivity index (χ0n) is 11.7. The predicted molar refractivity (Wildman–Crippen MR) is 84.0 cm³/mol. The number of piperidine rings is 1. The Morgan fingerprint density at radius 1 is 1.45 bits per heavy atom. The highest BCUT2D eigenvalue weighted by Gasteiger charge is 2.31. The first-order chi connectivity index (χ1) is 9.32. The van der Waals surface area contributed by atoms with Gasteiger partial charge >= 0.3 is 0 Å². The van der Waals surface area contributed by atoms with Crippen molar-refractivity contribution in [2.45, 2.75) is 23.8 Å². The zero-order valence-corrected chi connectivity index (χ0v) is 14.1. The summed E-state index contributed by atoms with van der Waals surface area (Å²) < 4.78 is 27.5. The average Bonchev–Trinajstić information content (AvgIpc) is 2.40. The van der Waals surface area contributed by atoms with E-state index in [4.69, 9.17) is 5.73 Å². The van der Waals surface area contributed by atoms with Gasteiger partial charge in [0.05, 0.1) is 4.90 Å². The Balaban J connectivity index is 2.31. The van der Waals surface area contributed by atoms with Crippen LogP contribution in [0.15, 0.2) is 27.6 Å². The SMILES string of the molecule is CN1CCCC(N(C)S(=O)(=O)c2cc(N)ccc2Br)C1. The van der Waals surface area contributed by atoms with Crippen molar-refractivity contribution in [2.75, 3.05) is 32.9 Å². The van der Waals surface area contributed by atoms with Crippen LogP contribution >= 0.6 is 15.9 Å². The molecule has 1 heterocycles. The van der Waals surface area contributed by atoms with E-state index >= 15 is 0 Å². The number of likely N-dealkylation sites (N-methyl/N-ethyl adjacent to an activating group) is 2. The van der Waals surface area contributed by atoms with Crippen molar-refractivity contribution in [3.63, 3.8) is 0 Å². The number of benzene rings is 1. The standard InChI is InChI=1S/C13H20BrN3O2S/c1-16-7-3-4-11(9-16)17(2)20(18,19)13-8-10(15)5-6-12(13)14/h5-6,8,11H,3-4,7,9,15H2,1-2H3. The lowest BCUT2D eigenvalue weighted by atomic mass is 10.1. The van der Waals surface area contributed by atoms with E-state index in [9.17, 15) is 8.42 Å². The second-order valence-electron chi connectivity index (χ2n) is 5.27. The van der Waals surface area contributed by atoms with Crippen LogP contribution in [0, 0.1) is 0 Å². The lowest BCUT2D eigenvalue weighted by Gasteiger charge is -2.35. The highest BCUT2D eigenvalue weighted by molar-refractivity contribution is 9.10. The van der Waals surface area contributed by atoms with Gasteiger partial charge in [-0.3, -0.25) is 0 Å². The van der Waals surface area contributed by atoms with E-state index in [0.29, 0.717) is 10.2 Å². The van der Waals surface area contributed by atoms with E-state index in [1.807, 2.05) is 7.05 Å². The number of nitrogens with two attached hydrogens (primary N) is 1. The molecule has 1 unspecified atom stereocenters. The maximum atomic E-state index is 12.7. The molecule has 0 amide bonds. The van der Waals surface area contributed by atoms with Gasteiger partial charge < -0.3 is 10.6 Å². The Kier molecular flexibility index (Phi) is 4.73. The fraction of sp³-hybridized carbons (Fsp3) is 0.538. The summed E-state index contributed by atoms with van der Waals surface area (Å²) in [4.78, 5) is 2.39. The minimum atomic E-state index is -3.54. The van der Waals surface area contributed by atoms with Crippen molar-refractivity contribution < 1.29 is 8.42 Å². The molecule has 0 saturated carbocycles. The third-order valence-corrected chi connectivity index (χ3v) is 6.63. The molecule has 1 saturated heterocycles. The van der Waals surface area contributed by atoms with Crippen molar-refractivity contribution in [3.8, 4) is 0 Å². The van der Waals surface area contributed by atoms with E-state index in [0.717, 1.165) is 25.9 Å². The molecule has 1 aromatic carbocycles. The predicted octanol–water partition coefficient (Wildman–Crippen LogP) is 1.75. The highest BCUT2D eigenvalue weighted by atomic mass is 79.9. The second kappa shape index (κ2) is 6.01. The topological polar surface area (TPSA) is 66.6 Å². The van der Waals surface area contributed by atoms with Gasteiger partial charge in [-0.2, -0.15) is 4.31 Å². The minimum Gasteiger partial charge on any atom is -0.399 e. The summed E-state index contributed by atoms with van der Waals surface area (Å²) in [5.74, 6) is 0. The Hall–Kier alpha value is -0.630. The van der Waals surface area contributed by atoms with Crippen LogP contribution in [-0.2, 0) is 10.0 Å². The molecule has 2 rings (SSSR count). The molecule has 0 spiro atoms. The molecule has 1 atom stereocenters. The number of nitrogens with zero attached hydrogens (tertiary/aromatic N) is 2. The summed E-state index contributed by atoms with van der Waals surface area (Å²) in [5.41, 5.74) is 6.16. The first-order valence-electron chi connectivity index (χ1n) is 6.54. The van der Waals surface area contributed by atoms with Crippen LogP contribution in [0.5, 0.6) is 0 Å². The summed E-state index contributed by atoms with van der Waals surface area (Å²) in [6.45, 7) is 1.78. The van der Waals surface area contributed by atoms with Gasteiger partial charge in [-0.15, -0.1) is 0 Å². The molecule has 0 aliphatic carbocycles. The number of hydrogen-bond donors (Lipinski definition) is 1. The highest BCUT2D eigenvalue weighted by Crippen LogP contribution is 2.28. The molecule has 20 heavy (non-hydrogen) atoms. The Bertz CT molecular complexity index is 591. The van der Waals surface area contributed by atoms with Crippen LogP contribution in [0.25, 0.3) is 0 Å². The summed E-state index contributed by atoms with van der Waals surface area (Å²) in [6.07, 6.45) is 1.90. The molecule has 7 heteroatoms. The Morgan fingerprint density at radius 2 is 2.15 bits per heavy atom. The molecule has 0 aromatic heterocycles. The van der Waals surface area contributed by atoms with Gasteiger partial charge in [-0.25, -0.2) is 8.42 Å². The molecular weight excluding hydrogens is 342 g/mol. The normalized spacial score (nSPS) is 21.3. The van der Waals surface area contributed by atoms with Gasteiger partial charge in [0.25, 0.3) is 0 Å². The van der Waals surface area contributed by atoms with Gasteiger partial charge in [0, 0.05) is 29.8 Å². The van der Waals surface area contributed by atoms with Crippen LogP contribution < -0.4 is 5.73 Å². The van der Waals surface area contributed by atoms with Crippen LogP contribution in [0.4, 0.5) is 5.69 Å². The fourth-order valence-corrected chi connectivity index (χ4v) is 4.84. The van der Waals surface area contributed by atoms with Gasteiger partial charge in [0.1, 0.15) is 0 Å².